The van der Waals surface area contributed by atoms with Crippen LogP contribution in [-0.4, -0.2) is 18.4 Å². The summed E-state index contributed by atoms with van der Waals surface area (Å²) in [6.07, 6.45) is 2.45. The minimum Gasteiger partial charge on any atom is -0.352 e. The Bertz CT molecular complexity index is 834. The molecule has 5 heteroatoms. The third-order valence-electron chi connectivity index (χ3n) is 5.19. The molecule has 2 amide bonds. The molecule has 1 heterocycles. The lowest BCUT2D eigenvalue weighted by atomic mass is 10.1. The highest BCUT2D eigenvalue weighted by molar-refractivity contribution is 9.10. The van der Waals surface area contributed by atoms with Crippen LogP contribution in [0.1, 0.15) is 36.3 Å². The Morgan fingerprint density at radius 1 is 1.19 bits per heavy atom. The zero-order valence-corrected chi connectivity index (χ0v) is 16.0. The predicted octanol–water partition coefficient (Wildman–Crippen LogP) is 4.00. The molecule has 4 rings (SSSR count). The predicted molar refractivity (Wildman–Crippen MR) is 105 cm³/mol. The number of hydrogen-bond acceptors (Lipinski definition) is 2. The molecule has 134 valence electrons. The van der Waals surface area contributed by atoms with Gasteiger partial charge in [-0.25, -0.2) is 0 Å². The van der Waals surface area contributed by atoms with Gasteiger partial charge >= 0.3 is 0 Å². The van der Waals surface area contributed by atoms with Gasteiger partial charge in [-0.15, -0.1) is 0 Å². The summed E-state index contributed by atoms with van der Waals surface area (Å²) in [6.45, 7) is 1.28. The molecule has 2 unspecified atom stereocenters. The molecule has 4 nitrogen and oxygen atoms in total. The summed E-state index contributed by atoms with van der Waals surface area (Å²) in [5.41, 5.74) is 3.18. The van der Waals surface area contributed by atoms with Gasteiger partial charge in [-0.2, -0.15) is 0 Å². The third-order valence-corrected chi connectivity index (χ3v) is 5.72. The van der Waals surface area contributed by atoms with E-state index in [0.717, 1.165) is 35.1 Å². The first-order chi connectivity index (χ1) is 12.6. The van der Waals surface area contributed by atoms with Crippen LogP contribution in [0.5, 0.6) is 0 Å². The molecule has 1 aliphatic heterocycles. The van der Waals surface area contributed by atoms with Crippen LogP contribution in [0, 0.1) is 5.92 Å². The number of hydrogen-bond donors (Lipinski definition) is 1. The van der Waals surface area contributed by atoms with E-state index in [4.69, 9.17) is 0 Å². The van der Waals surface area contributed by atoms with Crippen LogP contribution in [0.4, 0.5) is 5.69 Å². The van der Waals surface area contributed by atoms with Gasteiger partial charge in [0, 0.05) is 35.6 Å². The maximum atomic E-state index is 12.4. The summed E-state index contributed by atoms with van der Waals surface area (Å²) >= 11 is 3.44. The smallest absolute Gasteiger partial charge is 0.227 e. The molecule has 0 bridgehead atoms. The van der Waals surface area contributed by atoms with Crippen molar-refractivity contribution in [1.82, 2.24) is 5.32 Å². The van der Waals surface area contributed by atoms with Crippen LogP contribution in [0.3, 0.4) is 0 Å². The van der Waals surface area contributed by atoms with Crippen molar-refractivity contribution in [3.63, 3.8) is 0 Å². The van der Waals surface area contributed by atoms with Crippen molar-refractivity contribution in [1.29, 1.82) is 0 Å². The first-order valence-corrected chi connectivity index (χ1v) is 9.83. The van der Waals surface area contributed by atoms with Crippen LogP contribution in [-0.2, 0) is 16.1 Å². The molecule has 2 aromatic rings. The maximum absolute atomic E-state index is 12.4. The molecule has 2 aliphatic rings. The van der Waals surface area contributed by atoms with Gasteiger partial charge in [0.25, 0.3) is 0 Å². The average molecular weight is 413 g/mol. The highest BCUT2D eigenvalue weighted by atomic mass is 79.9. The second-order valence-electron chi connectivity index (χ2n) is 7.04. The van der Waals surface area contributed by atoms with E-state index in [0.29, 0.717) is 18.9 Å². The topological polar surface area (TPSA) is 49.4 Å². The minimum absolute atomic E-state index is 0.0690. The highest BCUT2D eigenvalue weighted by Crippen LogP contribution is 2.47. The van der Waals surface area contributed by atoms with Crippen LogP contribution in [0.2, 0.25) is 0 Å². The van der Waals surface area contributed by atoms with Gasteiger partial charge in [0.1, 0.15) is 0 Å². The van der Waals surface area contributed by atoms with E-state index in [9.17, 15) is 9.59 Å². The van der Waals surface area contributed by atoms with Crippen molar-refractivity contribution in [3.05, 3.63) is 64.1 Å². The van der Waals surface area contributed by atoms with Crippen molar-refractivity contribution in [2.24, 2.45) is 5.92 Å². The van der Waals surface area contributed by atoms with Crippen molar-refractivity contribution in [3.8, 4) is 0 Å². The van der Waals surface area contributed by atoms with Gasteiger partial charge in [-0.05, 0) is 54.2 Å². The summed E-state index contributed by atoms with van der Waals surface area (Å²) < 4.78 is 1.05. The lowest BCUT2D eigenvalue weighted by Crippen LogP contribution is -2.26. The number of nitrogens with one attached hydrogen (secondary N) is 1. The molecule has 0 radical (unpaired) electrons. The van der Waals surface area contributed by atoms with Gasteiger partial charge < -0.3 is 10.2 Å². The molecule has 26 heavy (non-hydrogen) atoms. The SMILES string of the molecule is O=C(NCc1cccc(N2CCCC2=O)c1)C1CC1c1ccc(Br)cc1. The van der Waals surface area contributed by atoms with Gasteiger partial charge in [-0.1, -0.05) is 40.2 Å². The lowest BCUT2D eigenvalue weighted by Gasteiger charge is -2.16. The standard InChI is InChI=1S/C21H21BrN2O2/c22-16-8-6-15(7-9-16)18-12-19(18)21(26)23-13-14-3-1-4-17(11-14)24-10-2-5-20(24)25/h1,3-4,6-9,11,18-19H,2,5,10,12-13H2,(H,23,26). The Kier molecular flexibility index (Phi) is 4.81. The number of amides is 2. The summed E-state index contributed by atoms with van der Waals surface area (Å²) in [5, 5.41) is 3.05. The molecule has 2 atom stereocenters. The average Bonchev–Trinajstić information content (AvgIpc) is 3.34. The monoisotopic (exact) mass is 412 g/mol. The van der Waals surface area contributed by atoms with E-state index >= 15 is 0 Å². The van der Waals surface area contributed by atoms with E-state index in [2.05, 4.69) is 33.4 Å². The molecule has 1 N–H and O–H groups in total. The maximum Gasteiger partial charge on any atom is 0.227 e. The largest absolute Gasteiger partial charge is 0.352 e. The fourth-order valence-electron chi connectivity index (χ4n) is 3.64. The second kappa shape index (κ2) is 7.23. The minimum atomic E-state index is 0.0690. The molecular weight excluding hydrogens is 392 g/mol. The van der Waals surface area contributed by atoms with Gasteiger partial charge in [0.05, 0.1) is 0 Å². The first-order valence-electron chi connectivity index (χ1n) is 9.04. The van der Waals surface area contributed by atoms with Crippen LogP contribution in [0.25, 0.3) is 0 Å². The lowest BCUT2D eigenvalue weighted by molar-refractivity contribution is -0.122. The number of rotatable bonds is 5. The zero-order chi connectivity index (χ0) is 18.1. The number of nitrogens with zero attached hydrogens (tertiary/aromatic N) is 1. The molecule has 1 aliphatic carbocycles. The number of anilines is 1. The van der Waals surface area contributed by atoms with Crippen molar-refractivity contribution >= 4 is 33.4 Å². The summed E-state index contributed by atoms with van der Waals surface area (Å²) in [4.78, 5) is 26.2. The van der Waals surface area contributed by atoms with E-state index < -0.39 is 0 Å². The molecular formula is C21H21BrN2O2. The fraction of sp³-hybridized carbons (Fsp3) is 0.333. The van der Waals surface area contributed by atoms with Gasteiger partial charge in [-0.3, -0.25) is 9.59 Å². The van der Waals surface area contributed by atoms with E-state index in [1.807, 2.05) is 41.3 Å². The van der Waals surface area contributed by atoms with E-state index in [1.165, 1.54) is 5.56 Å². The van der Waals surface area contributed by atoms with Crippen LogP contribution >= 0.6 is 15.9 Å². The quantitative estimate of drug-likeness (QED) is 0.806. The number of halogens is 1. The molecule has 1 saturated heterocycles. The third kappa shape index (κ3) is 3.68. The normalized spacial score (nSPS) is 21.7. The summed E-state index contributed by atoms with van der Waals surface area (Å²) in [7, 11) is 0. The summed E-state index contributed by atoms with van der Waals surface area (Å²) in [6, 6.07) is 16.1. The Balaban J connectivity index is 1.34. The number of benzene rings is 2. The highest BCUT2D eigenvalue weighted by Gasteiger charge is 2.43. The molecule has 0 aromatic heterocycles. The number of carbonyl (C=O) groups excluding carboxylic acids is 2. The first kappa shape index (κ1) is 17.3. The van der Waals surface area contributed by atoms with Crippen LogP contribution in [0.15, 0.2) is 53.0 Å². The van der Waals surface area contributed by atoms with Crippen molar-refractivity contribution < 1.29 is 9.59 Å². The molecule has 1 saturated carbocycles. The van der Waals surface area contributed by atoms with Crippen LogP contribution < -0.4 is 10.2 Å². The Hall–Kier alpha value is -2.14. The Morgan fingerprint density at radius 2 is 2.00 bits per heavy atom. The van der Waals surface area contributed by atoms with Crippen molar-refractivity contribution in [2.45, 2.75) is 31.7 Å². The van der Waals surface area contributed by atoms with E-state index in [1.54, 1.807) is 0 Å². The van der Waals surface area contributed by atoms with E-state index in [-0.39, 0.29) is 17.7 Å². The Labute approximate surface area is 161 Å². The summed E-state index contributed by atoms with van der Waals surface area (Å²) in [5.74, 6) is 0.693. The zero-order valence-electron chi connectivity index (χ0n) is 14.5. The van der Waals surface area contributed by atoms with Gasteiger partial charge in [0.15, 0.2) is 0 Å². The van der Waals surface area contributed by atoms with Gasteiger partial charge in [0.2, 0.25) is 11.8 Å². The number of carbonyl (C=O) groups is 2. The fourth-order valence-corrected chi connectivity index (χ4v) is 3.90. The molecule has 2 fully saturated rings. The molecule has 2 aromatic carbocycles. The second-order valence-corrected chi connectivity index (χ2v) is 7.95. The Morgan fingerprint density at radius 3 is 2.73 bits per heavy atom. The molecule has 0 spiro atoms. The van der Waals surface area contributed by atoms with Crippen molar-refractivity contribution in [2.75, 3.05) is 11.4 Å².